The second-order valence-corrected chi connectivity index (χ2v) is 6.91. The van der Waals surface area contributed by atoms with E-state index in [0.29, 0.717) is 12.0 Å². The number of hydrogen-bond acceptors (Lipinski definition) is 4. The van der Waals surface area contributed by atoms with Gasteiger partial charge >= 0.3 is 0 Å². The molecule has 7 nitrogen and oxygen atoms in total. The summed E-state index contributed by atoms with van der Waals surface area (Å²) in [5.74, 6) is -2.17. The monoisotopic (exact) mass is 376 g/mol. The van der Waals surface area contributed by atoms with E-state index in [1.807, 2.05) is 0 Å². The lowest BCUT2D eigenvalue weighted by atomic mass is 9.91. The zero-order chi connectivity index (χ0) is 20.0. The first-order chi connectivity index (χ1) is 13.4. The highest BCUT2D eigenvalue weighted by Gasteiger charge is 2.44. The molecule has 2 aliphatic rings. The van der Waals surface area contributed by atoms with Crippen LogP contribution in [-0.2, 0) is 16.0 Å². The van der Waals surface area contributed by atoms with E-state index in [4.69, 9.17) is 5.73 Å². The zero-order valence-corrected chi connectivity index (χ0v) is 15.2. The maximum absolute atomic E-state index is 13.2. The molecule has 2 heterocycles. The molecule has 141 valence electrons. The van der Waals surface area contributed by atoms with Gasteiger partial charge in [-0.2, -0.15) is 0 Å². The van der Waals surface area contributed by atoms with E-state index in [1.165, 1.54) is 11.8 Å². The topological polar surface area (TPSA) is 101 Å². The van der Waals surface area contributed by atoms with Crippen LogP contribution in [-0.4, -0.2) is 46.0 Å². The number of carbonyl (C=O) groups is 4. The van der Waals surface area contributed by atoms with E-state index >= 15 is 0 Å². The van der Waals surface area contributed by atoms with Crippen molar-refractivity contribution < 1.29 is 19.2 Å². The normalized spacial score (nSPS) is 19.2. The minimum Gasteiger partial charge on any atom is -0.368 e. The molecule has 0 fully saturated rings. The maximum Gasteiger partial charge on any atom is 0.262 e. The van der Waals surface area contributed by atoms with Gasteiger partial charge in [-0.1, -0.05) is 30.3 Å². The summed E-state index contributed by atoms with van der Waals surface area (Å²) in [5, 5.41) is 0. The van der Waals surface area contributed by atoms with Gasteiger partial charge < -0.3 is 10.6 Å². The highest BCUT2D eigenvalue weighted by atomic mass is 16.2. The second kappa shape index (κ2) is 6.60. The molecule has 2 aromatic rings. The third-order valence-electron chi connectivity index (χ3n) is 5.34. The van der Waals surface area contributed by atoms with Gasteiger partial charge in [0, 0.05) is 6.54 Å². The Kier molecular flexibility index (Phi) is 4.22. The summed E-state index contributed by atoms with van der Waals surface area (Å²) in [6.07, 6.45) is 0.539. The lowest BCUT2D eigenvalue weighted by Gasteiger charge is -2.38. The Morgan fingerprint density at radius 2 is 1.79 bits per heavy atom. The van der Waals surface area contributed by atoms with Crippen molar-refractivity contribution in [2.24, 2.45) is 5.73 Å². The Labute approximate surface area is 161 Å². The first-order valence-corrected chi connectivity index (χ1v) is 8.97. The van der Waals surface area contributed by atoms with E-state index in [0.717, 1.165) is 10.5 Å². The summed E-state index contributed by atoms with van der Waals surface area (Å²) in [7, 11) is 0. The molecule has 2 aromatic carbocycles. The quantitative estimate of drug-likeness (QED) is 0.810. The number of hydrogen-bond donors (Lipinski definition) is 1. The Bertz CT molecular complexity index is 981. The molecule has 1 radical (unpaired) electrons. The van der Waals surface area contributed by atoms with Crippen molar-refractivity contribution in [3.05, 3.63) is 70.8 Å². The van der Waals surface area contributed by atoms with Crippen LogP contribution >= 0.6 is 0 Å². The fraction of sp³-hybridized carbons (Fsp3) is 0.238. The van der Waals surface area contributed by atoms with Gasteiger partial charge in [-0.05, 0) is 42.7 Å². The first-order valence-electron chi connectivity index (χ1n) is 8.97. The standard InChI is InChI=1S/C21H18N3O4/c1-12(24-20(27)15-8-4-5-9-16(15)21(24)28)19(26)23-11-10-13-6-2-3-7-14(13)17(23)18(22)25/h3-9,12,17H,10-11H2,1H3,(H2,22,25). The Morgan fingerprint density at radius 1 is 1.14 bits per heavy atom. The number of fused-ring (bicyclic) bond motifs is 2. The van der Waals surface area contributed by atoms with Gasteiger partial charge in [-0.15, -0.1) is 0 Å². The van der Waals surface area contributed by atoms with Gasteiger partial charge in [0.2, 0.25) is 11.8 Å². The molecule has 4 rings (SSSR count). The van der Waals surface area contributed by atoms with Crippen molar-refractivity contribution in [3.63, 3.8) is 0 Å². The zero-order valence-electron chi connectivity index (χ0n) is 15.2. The largest absolute Gasteiger partial charge is 0.368 e. The average Bonchev–Trinajstić information content (AvgIpc) is 2.96. The number of imide groups is 1. The third kappa shape index (κ3) is 2.58. The Balaban J connectivity index is 1.65. The fourth-order valence-corrected chi connectivity index (χ4v) is 3.95. The van der Waals surface area contributed by atoms with E-state index in [9.17, 15) is 19.2 Å². The molecule has 2 atom stereocenters. The maximum atomic E-state index is 13.2. The van der Waals surface area contributed by atoms with E-state index < -0.39 is 35.7 Å². The van der Waals surface area contributed by atoms with Gasteiger partial charge in [-0.3, -0.25) is 24.1 Å². The van der Waals surface area contributed by atoms with Crippen LogP contribution in [0.15, 0.2) is 42.5 Å². The minimum atomic E-state index is -1.05. The molecular weight excluding hydrogens is 358 g/mol. The van der Waals surface area contributed by atoms with E-state index in [1.54, 1.807) is 42.5 Å². The highest BCUT2D eigenvalue weighted by Crippen LogP contribution is 2.32. The third-order valence-corrected chi connectivity index (χ3v) is 5.34. The van der Waals surface area contributed by atoms with Crippen LogP contribution < -0.4 is 5.73 Å². The highest BCUT2D eigenvalue weighted by molar-refractivity contribution is 6.22. The van der Waals surface area contributed by atoms with E-state index in [-0.39, 0.29) is 17.7 Å². The fourth-order valence-electron chi connectivity index (χ4n) is 3.95. The molecule has 2 N–H and O–H groups in total. The molecule has 2 aliphatic heterocycles. The van der Waals surface area contributed by atoms with Crippen LogP contribution in [0.1, 0.15) is 44.8 Å². The van der Waals surface area contributed by atoms with Crippen LogP contribution in [0.3, 0.4) is 0 Å². The number of benzene rings is 2. The second-order valence-electron chi connectivity index (χ2n) is 6.91. The molecule has 7 heteroatoms. The molecule has 28 heavy (non-hydrogen) atoms. The van der Waals surface area contributed by atoms with Crippen molar-refractivity contribution >= 4 is 23.6 Å². The number of nitrogens with two attached hydrogens (primary N) is 1. The smallest absolute Gasteiger partial charge is 0.262 e. The number of carbonyl (C=O) groups excluding carboxylic acids is 4. The number of rotatable bonds is 3. The summed E-state index contributed by atoms with van der Waals surface area (Å²) in [4.78, 5) is 53.1. The average molecular weight is 376 g/mol. The molecular formula is C21H18N3O4. The van der Waals surface area contributed by atoms with Crippen molar-refractivity contribution in [3.8, 4) is 0 Å². The molecule has 0 bridgehead atoms. The van der Waals surface area contributed by atoms with E-state index in [2.05, 4.69) is 6.07 Å². The molecule has 0 aliphatic carbocycles. The Morgan fingerprint density at radius 3 is 2.39 bits per heavy atom. The summed E-state index contributed by atoms with van der Waals surface area (Å²) in [5.41, 5.74) is 7.71. The van der Waals surface area contributed by atoms with Crippen molar-refractivity contribution in [2.75, 3.05) is 6.54 Å². The first kappa shape index (κ1) is 17.9. The van der Waals surface area contributed by atoms with Gasteiger partial charge in [0.15, 0.2) is 0 Å². The molecule has 2 unspecified atom stereocenters. The van der Waals surface area contributed by atoms with Crippen LogP contribution in [0.25, 0.3) is 0 Å². The van der Waals surface area contributed by atoms with Crippen LogP contribution in [0.2, 0.25) is 0 Å². The van der Waals surface area contributed by atoms with Crippen molar-refractivity contribution in [2.45, 2.75) is 25.4 Å². The molecule has 0 saturated carbocycles. The lowest BCUT2D eigenvalue weighted by Crippen LogP contribution is -2.54. The van der Waals surface area contributed by atoms with Gasteiger partial charge in [0.1, 0.15) is 12.1 Å². The minimum absolute atomic E-state index is 0.269. The van der Waals surface area contributed by atoms with Crippen molar-refractivity contribution in [1.82, 2.24) is 9.80 Å². The van der Waals surface area contributed by atoms with Crippen LogP contribution in [0.5, 0.6) is 0 Å². The van der Waals surface area contributed by atoms with Crippen LogP contribution in [0.4, 0.5) is 0 Å². The van der Waals surface area contributed by atoms with Crippen molar-refractivity contribution in [1.29, 1.82) is 0 Å². The summed E-state index contributed by atoms with van der Waals surface area (Å²) < 4.78 is 0. The lowest BCUT2D eigenvalue weighted by molar-refractivity contribution is -0.143. The van der Waals surface area contributed by atoms with Gasteiger partial charge in [0.25, 0.3) is 11.8 Å². The molecule has 4 amide bonds. The SMILES string of the molecule is CC(C(=O)N1CCc2c[c]ccc2C1C(N)=O)N1C(=O)c2ccccc2C1=O. The summed E-state index contributed by atoms with van der Waals surface area (Å²) in [6, 6.07) is 12.6. The summed E-state index contributed by atoms with van der Waals surface area (Å²) in [6.45, 7) is 1.77. The number of amides is 4. The molecule has 0 aromatic heterocycles. The predicted molar refractivity (Wildman–Crippen MR) is 99.0 cm³/mol. The van der Waals surface area contributed by atoms with Gasteiger partial charge in [-0.25, -0.2) is 0 Å². The molecule has 0 spiro atoms. The van der Waals surface area contributed by atoms with Gasteiger partial charge in [0.05, 0.1) is 11.1 Å². The predicted octanol–water partition coefficient (Wildman–Crippen LogP) is 1.08. The Hall–Kier alpha value is -3.48. The number of nitrogens with zero attached hydrogens (tertiary/aromatic N) is 2. The molecule has 0 saturated heterocycles. The summed E-state index contributed by atoms with van der Waals surface area (Å²) >= 11 is 0. The van der Waals surface area contributed by atoms with Crippen LogP contribution in [0, 0.1) is 6.07 Å². The number of primary amides is 1.